The van der Waals surface area contributed by atoms with E-state index in [1.165, 1.54) is 15.8 Å². The molecular weight excluding hydrogens is 292 g/mol. The molecule has 108 valence electrons. The summed E-state index contributed by atoms with van der Waals surface area (Å²) in [7, 11) is 0. The van der Waals surface area contributed by atoms with E-state index in [0.717, 1.165) is 29.1 Å². The number of aryl methyl sites for hydroxylation is 2. The molecule has 0 spiro atoms. The van der Waals surface area contributed by atoms with Crippen LogP contribution in [0.2, 0.25) is 0 Å². The van der Waals surface area contributed by atoms with E-state index in [1.807, 2.05) is 36.8 Å². The Morgan fingerprint density at radius 2 is 1.95 bits per heavy atom. The highest BCUT2D eigenvalue weighted by Gasteiger charge is 2.08. The van der Waals surface area contributed by atoms with Gasteiger partial charge in [0.25, 0.3) is 0 Å². The quantitative estimate of drug-likeness (QED) is 0.623. The number of nitrogens with one attached hydrogen (secondary N) is 1. The number of thiazole rings is 1. The molecule has 0 aliphatic carbocycles. The highest BCUT2D eigenvalue weighted by molar-refractivity contribution is 7.21. The van der Waals surface area contributed by atoms with Gasteiger partial charge in [-0.05, 0) is 48.2 Å². The molecule has 1 N–H and O–H groups in total. The van der Waals surface area contributed by atoms with Crippen molar-refractivity contribution in [2.24, 2.45) is 0 Å². The van der Waals surface area contributed by atoms with Gasteiger partial charge in [-0.2, -0.15) is 5.10 Å². The van der Waals surface area contributed by atoms with Crippen molar-refractivity contribution in [1.82, 2.24) is 20.2 Å². The minimum Gasteiger partial charge on any atom is -0.285 e. The maximum atomic E-state index is 4.68. The normalized spacial score (nSPS) is 11.1. The monoisotopic (exact) mass is 306 g/mol. The number of aromatic amines is 1. The van der Waals surface area contributed by atoms with E-state index in [1.54, 1.807) is 11.3 Å². The number of para-hydroxylation sites is 1. The van der Waals surface area contributed by atoms with Crippen LogP contribution in [0.1, 0.15) is 11.1 Å². The minimum atomic E-state index is 0.950. The van der Waals surface area contributed by atoms with Crippen LogP contribution in [0, 0.1) is 0 Å². The number of pyridine rings is 1. The summed E-state index contributed by atoms with van der Waals surface area (Å²) in [6.45, 7) is 0. The molecule has 4 aromatic rings. The Morgan fingerprint density at radius 1 is 1.05 bits per heavy atom. The second-order valence-electron chi connectivity index (χ2n) is 5.14. The van der Waals surface area contributed by atoms with Crippen LogP contribution >= 0.6 is 11.3 Å². The largest absolute Gasteiger partial charge is 0.285 e. The summed E-state index contributed by atoms with van der Waals surface area (Å²) >= 11 is 1.69. The molecule has 0 atom stereocenters. The molecule has 0 fully saturated rings. The molecule has 1 aromatic carbocycles. The molecule has 0 aliphatic rings. The predicted molar refractivity (Wildman–Crippen MR) is 88.8 cm³/mol. The van der Waals surface area contributed by atoms with Gasteiger partial charge >= 0.3 is 0 Å². The topological polar surface area (TPSA) is 54.5 Å². The molecule has 0 amide bonds. The zero-order valence-electron chi connectivity index (χ0n) is 11.9. The van der Waals surface area contributed by atoms with Crippen LogP contribution in [0.4, 0.5) is 0 Å². The third-order valence-electron chi connectivity index (χ3n) is 3.59. The molecule has 4 nitrogen and oxygen atoms in total. The van der Waals surface area contributed by atoms with Crippen LogP contribution in [0.15, 0.2) is 55.0 Å². The first-order valence-corrected chi connectivity index (χ1v) is 7.99. The summed E-state index contributed by atoms with van der Waals surface area (Å²) in [6.07, 6.45) is 7.62. The van der Waals surface area contributed by atoms with E-state index in [0.29, 0.717) is 0 Å². The maximum absolute atomic E-state index is 4.68. The van der Waals surface area contributed by atoms with Gasteiger partial charge in [-0.1, -0.05) is 12.1 Å². The van der Waals surface area contributed by atoms with Crippen molar-refractivity contribution in [3.63, 3.8) is 0 Å². The van der Waals surface area contributed by atoms with Crippen molar-refractivity contribution in [2.75, 3.05) is 0 Å². The summed E-state index contributed by atoms with van der Waals surface area (Å²) in [5.41, 5.74) is 4.47. The van der Waals surface area contributed by atoms with Crippen molar-refractivity contribution in [3.8, 4) is 10.7 Å². The zero-order chi connectivity index (χ0) is 14.8. The van der Waals surface area contributed by atoms with Crippen LogP contribution < -0.4 is 0 Å². The molecule has 0 bridgehead atoms. The Kier molecular flexibility index (Phi) is 3.40. The molecule has 0 radical (unpaired) electrons. The Morgan fingerprint density at radius 3 is 2.82 bits per heavy atom. The van der Waals surface area contributed by atoms with E-state index in [-0.39, 0.29) is 0 Å². The van der Waals surface area contributed by atoms with Crippen LogP contribution in [0.3, 0.4) is 0 Å². The van der Waals surface area contributed by atoms with Gasteiger partial charge in [0, 0.05) is 12.4 Å². The van der Waals surface area contributed by atoms with Crippen LogP contribution in [0.5, 0.6) is 0 Å². The van der Waals surface area contributed by atoms with Crippen molar-refractivity contribution in [1.29, 1.82) is 0 Å². The predicted octanol–water partition coefficient (Wildman–Crippen LogP) is 3.87. The van der Waals surface area contributed by atoms with Gasteiger partial charge in [0.05, 0.1) is 22.1 Å². The van der Waals surface area contributed by atoms with Crippen molar-refractivity contribution < 1.29 is 0 Å². The lowest BCUT2D eigenvalue weighted by Crippen LogP contribution is -1.92. The number of benzene rings is 1. The minimum absolute atomic E-state index is 0.950. The van der Waals surface area contributed by atoms with E-state index < -0.39 is 0 Å². The molecule has 0 aliphatic heterocycles. The molecule has 4 rings (SSSR count). The fourth-order valence-electron chi connectivity index (χ4n) is 2.43. The Balaban J connectivity index is 1.60. The molecule has 3 heterocycles. The molecule has 0 saturated heterocycles. The lowest BCUT2D eigenvalue weighted by Gasteiger charge is -2.01. The third kappa shape index (κ3) is 2.63. The molecule has 22 heavy (non-hydrogen) atoms. The van der Waals surface area contributed by atoms with Gasteiger partial charge < -0.3 is 0 Å². The van der Waals surface area contributed by atoms with E-state index in [4.69, 9.17) is 0 Å². The standard InChI is InChI=1S/C17H14N4S/c1-2-4-16-14(3-1)21-17(22-16)15-9-12(7-8-18-15)5-6-13-10-19-20-11-13/h1-4,7-11H,5-6H2,(H,19,20). The van der Waals surface area contributed by atoms with Crippen molar-refractivity contribution in [2.45, 2.75) is 12.8 Å². The first-order chi connectivity index (χ1) is 10.9. The SMILES string of the molecule is c1ccc2sc(-c3cc(CCc4cn[nH]c4)ccn3)nc2c1. The number of rotatable bonds is 4. The Labute approximate surface area is 131 Å². The number of hydrogen-bond acceptors (Lipinski definition) is 4. The first-order valence-electron chi connectivity index (χ1n) is 7.17. The summed E-state index contributed by atoms with van der Waals surface area (Å²) in [4.78, 5) is 9.15. The van der Waals surface area contributed by atoms with E-state index >= 15 is 0 Å². The first kappa shape index (κ1) is 13.2. The summed E-state index contributed by atoms with van der Waals surface area (Å²) in [6, 6.07) is 12.4. The summed E-state index contributed by atoms with van der Waals surface area (Å²) < 4.78 is 1.20. The molecule has 5 heteroatoms. The van der Waals surface area contributed by atoms with Crippen LogP contribution in [-0.2, 0) is 12.8 Å². The van der Waals surface area contributed by atoms with Gasteiger partial charge in [-0.15, -0.1) is 11.3 Å². The highest BCUT2D eigenvalue weighted by atomic mass is 32.1. The molecular formula is C17H14N4S. The van der Waals surface area contributed by atoms with Gasteiger partial charge in [-0.25, -0.2) is 4.98 Å². The third-order valence-corrected chi connectivity index (χ3v) is 4.65. The number of fused-ring (bicyclic) bond motifs is 1. The van der Waals surface area contributed by atoms with E-state index in [9.17, 15) is 0 Å². The van der Waals surface area contributed by atoms with Gasteiger partial charge in [-0.3, -0.25) is 10.1 Å². The highest BCUT2D eigenvalue weighted by Crippen LogP contribution is 2.29. The molecule has 3 aromatic heterocycles. The Bertz CT molecular complexity index is 863. The number of aromatic nitrogens is 4. The fourth-order valence-corrected chi connectivity index (χ4v) is 3.36. The zero-order valence-corrected chi connectivity index (χ0v) is 12.7. The molecule has 0 saturated carbocycles. The Hall–Kier alpha value is -2.53. The number of nitrogens with zero attached hydrogens (tertiary/aromatic N) is 3. The van der Waals surface area contributed by atoms with Gasteiger partial charge in [0.2, 0.25) is 0 Å². The van der Waals surface area contributed by atoms with Crippen LogP contribution in [0.25, 0.3) is 20.9 Å². The van der Waals surface area contributed by atoms with Crippen LogP contribution in [-0.4, -0.2) is 20.2 Å². The second-order valence-corrected chi connectivity index (χ2v) is 6.17. The smallest absolute Gasteiger partial charge is 0.143 e. The number of H-pyrrole nitrogens is 1. The lowest BCUT2D eigenvalue weighted by molar-refractivity contribution is 0.957. The van der Waals surface area contributed by atoms with E-state index in [2.05, 4.69) is 38.4 Å². The average molecular weight is 306 g/mol. The van der Waals surface area contributed by atoms with Crippen molar-refractivity contribution >= 4 is 21.6 Å². The fraction of sp³-hybridized carbons (Fsp3) is 0.118. The van der Waals surface area contributed by atoms with Gasteiger partial charge in [0.1, 0.15) is 5.01 Å². The summed E-state index contributed by atoms with van der Waals surface area (Å²) in [5, 5.41) is 7.80. The van der Waals surface area contributed by atoms with Crippen molar-refractivity contribution in [3.05, 3.63) is 66.1 Å². The molecule has 0 unspecified atom stereocenters. The van der Waals surface area contributed by atoms with Gasteiger partial charge in [0.15, 0.2) is 0 Å². The maximum Gasteiger partial charge on any atom is 0.143 e. The average Bonchev–Trinajstić information content (AvgIpc) is 3.22. The summed E-state index contributed by atoms with van der Waals surface area (Å²) in [5.74, 6) is 0. The number of hydrogen-bond donors (Lipinski definition) is 1. The lowest BCUT2D eigenvalue weighted by atomic mass is 10.1. The second kappa shape index (κ2) is 5.69.